The van der Waals surface area contributed by atoms with Crippen LogP contribution < -0.4 is 5.32 Å². The van der Waals surface area contributed by atoms with Crippen LogP contribution in [0.3, 0.4) is 0 Å². The molecule has 2 rings (SSSR count). The zero-order valence-corrected chi connectivity index (χ0v) is 11.8. The van der Waals surface area contributed by atoms with Gasteiger partial charge in [-0.15, -0.1) is 23.7 Å². The second-order valence-corrected chi connectivity index (χ2v) is 6.35. The fourth-order valence-corrected chi connectivity index (χ4v) is 3.56. The lowest BCUT2D eigenvalue weighted by Gasteiger charge is -2.23. The van der Waals surface area contributed by atoms with Crippen LogP contribution in [0.5, 0.6) is 0 Å². The van der Waals surface area contributed by atoms with Crippen molar-refractivity contribution >= 4 is 45.6 Å². The Hall–Kier alpha value is -0.100. The normalized spacial score (nSPS) is 24.1. The van der Waals surface area contributed by atoms with Crippen molar-refractivity contribution in [2.75, 3.05) is 6.54 Å². The minimum absolute atomic E-state index is 0. The zero-order chi connectivity index (χ0) is 10.9. The highest BCUT2D eigenvalue weighted by atomic mass is 79.9. The van der Waals surface area contributed by atoms with Crippen molar-refractivity contribution in [1.29, 1.82) is 0 Å². The highest BCUT2D eigenvalue weighted by molar-refractivity contribution is 9.11. The first-order valence-corrected chi connectivity index (χ1v) is 6.46. The lowest BCUT2D eigenvalue weighted by atomic mass is 9.93. The van der Waals surface area contributed by atoms with E-state index in [0.29, 0.717) is 6.42 Å². The highest BCUT2D eigenvalue weighted by Gasteiger charge is 2.41. The monoisotopic (exact) mass is 325 g/mol. The van der Waals surface area contributed by atoms with Crippen LogP contribution in [0.2, 0.25) is 0 Å². The van der Waals surface area contributed by atoms with Gasteiger partial charge in [0.15, 0.2) is 0 Å². The summed E-state index contributed by atoms with van der Waals surface area (Å²) in [5.41, 5.74) is -0.732. The van der Waals surface area contributed by atoms with Gasteiger partial charge in [-0.3, -0.25) is 4.79 Å². The van der Waals surface area contributed by atoms with Crippen LogP contribution >= 0.6 is 39.7 Å². The van der Waals surface area contributed by atoms with E-state index < -0.39 is 11.5 Å². The second-order valence-electron chi connectivity index (χ2n) is 3.80. The molecule has 1 aromatic heterocycles. The molecule has 0 saturated carbocycles. The van der Waals surface area contributed by atoms with Gasteiger partial charge in [-0.05, 0) is 47.4 Å². The Morgan fingerprint density at radius 3 is 2.81 bits per heavy atom. The SMILES string of the molecule is Cl.O=C(O)[C@]1(Cc2ccc(Br)s2)CCCN1. The highest BCUT2D eigenvalue weighted by Crippen LogP contribution is 2.29. The Morgan fingerprint density at radius 2 is 2.38 bits per heavy atom. The van der Waals surface area contributed by atoms with E-state index in [0.717, 1.165) is 28.0 Å². The van der Waals surface area contributed by atoms with E-state index in [-0.39, 0.29) is 12.4 Å². The van der Waals surface area contributed by atoms with Crippen LogP contribution in [0.1, 0.15) is 17.7 Å². The second kappa shape index (κ2) is 5.49. The topological polar surface area (TPSA) is 49.3 Å². The largest absolute Gasteiger partial charge is 0.480 e. The lowest BCUT2D eigenvalue weighted by Crippen LogP contribution is -2.49. The number of carboxylic acid groups (broad SMARTS) is 1. The third kappa shape index (κ3) is 2.77. The summed E-state index contributed by atoms with van der Waals surface area (Å²) in [6.45, 7) is 0.804. The van der Waals surface area contributed by atoms with Gasteiger partial charge in [0, 0.05) is 11.3 Å². The summed E-state index contributed by atoms with van der Waals surface area (Å²) in [5, 5.41) is 12.4. The van der Waals surface area contributed by atoms with Gasteiger partial charge in [0.05, 0.1) is 3.79 Å². The molecule has 0 radical (unpaired) electrons. The molecule has 2 N–H and O–H groups in total. The Bertz CT molecular complexity index is 377. The van der Waals surface area contributed by atoms with E-state index >= 15 is 0 Å². The molecule has 16 heavy (non-hydrogen) atoms. The molecule has 0 bridgehead atoms. The number of hydrogen-bond acceptors (Lipinski definition) is 3. The maximum atomic E-state index is 11.3. The molecule has 0 spiro atoms. The molecule has 90 valence electrons. The first kappa shape index (κ1) is 14.0. The predicted molar refractivity (Wildman–Crippen MR) is 70.6 cm³/mol. The Morgan fingerprint density at radius 1 is 1.62 bits per heavy atom. The summed E-state index contributed by atoms with van der Waals surface area (Å²) in [6, 6.07) is 3.95. The molecule has 6 heteroatoms. The van der Waals surface area contributed by atoms with Crippen LogP contribution in [0, 0.1) is 0 Å². The molecule has 0 aromatic carbocycles. The van der Waals surface area contributed by atoms with Crippen molar-refractivity contribution in [2.24, 2.45) is 0 Å². The first-order chi connectivity index (χ1) is 7.12. The van der Waals surface area contributed by atoms with Crippen molar-refractivity contribution in [3.8, 4) is 0 Å². The van der Waals surface area contributed by atoms with Gasteiger partial charge in [0.2, 0.25) is 0 Å². The van der Waals surface area contributed by atoms with E-state index in [4.69, 9.17) is 0 Å². The van der Waals surface area contributed by atoms with Crippen molar-refractivity contribution in [3.63, 3.8) is 0 Å². The molecule has 1 atom stereocenters. The van der Waals surface area contributed by atoms with Crippen molar-refractivity contribution < 1.29 is 9.90 Å². The van der Waals surface area contributed by atoms with Crippen molar-refractivity contribution in [1.82, 2.24) is 5.32 Å². The molecule has 1 fully saturated rings. The third-order valence-electron chi connectivity index (χ3n) is 2.76. The molecule has 1 aliphatic rings. The number of halogens is 2. The molecular weight excluding hydrogens is 314 g/mol. The summed E-state index contributed by atoms with van der Waals surface area (Å²) >= 11 is 4.99. The van der Waals surface area contributed by atoms with Gasteiger partial charge in [-0.25, -0.2) is 0 Å². The van der Waals surface area contributed by atoms with E-state index in [1.165, 1.54) is 0 Å². The number of carboxylic acids is 1. The summed E-state index contributed by atoms with van der Waals surface area (Å²) in [4.78, 5) is 12.4. The minimum atomic E-state index is -0.732. The molecule has 0 unspecified atom stereocenters. The van der Waals surface area contributed by atoms with Crippen molar-refractivity contribution in [2.45, 2.75) is 24.8 Å². The van der Waals surface area contributed by atoms with Gasteiger partial charge in [-0.2, -0.15) is 0 Å². The standard InChI is InChI=1S/C10H12BrNO2S.ClH/c11-8-3-2-7(15-8)6-10(9(13)14)4-1-5-12-10;/h2-3,12H,1,4-6H2,(H,13,14);1H/t10-;/m1./s1. The molecule has 0 amide bonds. The molecule has 3 nitrogen and oxygen atoms in total. The maximum Gasteiger partial charge on any atom is 0.324 e. The fourth-order valence-electron chi connectivity index (χ4n) is 1.96. The number of hydrogen-bond donors (Lipinski definition) is 2. The van der Waals surface area contributed by atoms with Gasteiger partial charge >= 0.3 is 5.97 Å². The molecule has 1 aliphatic heterocycles. The van der Waals surface area contributed by atoms with Gasteiger partial charge in [0.25, 0.3) is 0 Å². The number of carbonyl (C=O) groups is 1. The Balaban J connectivity index is 0.00000128. The van der Waals surface area contributed by atoms with Crippen LogP contribution in [0.4, 0.5) is 0 Å². The molecule has 1 saturated heterocycles. The van der Waals surface area contributed by atoms with Crippen molar-refractivity contribution in [3.05, 3.63) is 20.8 Å². The number of aliphatic carboxylic acids is 1. The summed E-state index contributed by atoms with van der Waals surface area (Å²) in [5.74, 6) is -0.732. The summed E-state index contributed by atoms with van der Waals surface area (Å²) in [6.07, 6.45) is 2.25. The van der Waals surface area contributed by atoms with Crippen LogP contribution in [0.15, 0.2) is 15.9 Å². The minimum Gasteiger partial charge on any atom is -0.480 e. The number of thiophene rings is 1. The van der Waals surface area contributed by atoms with Crippen LogP contribution in [-0.4, -0.2) is 23.2 Å². The maximum absolute atomic E-state index is 11.3. The number of nitrogens with one attached hydrogen (secondary N) is 1. The summed E-state index contributed by atoms with van der Waals surface area (Å²) < 4.78 is 1.05. The van der Waals surface area contributed by atoms with Gasteiger partial charge in [-0.1, -0.05) is 0 Å². The molecular formula is C10H13BrClNO2S. The lowest BCUT2D eigenvalue weighted by molar-refractivity contribution is -0.144. The van der Waals surface area contributed by atoms with E-state index in [1.807, 2.05) is 12.1 Å². The van der Waals surface area contributed by atoms with E-state index in [1.54, 1.807) is 11.3 Å². The molecule has 2 heterocycles. The van der Waals surface area contributed by atoms with Crippen LogP contribution in [0.25, 0.3) is 0 Å². The van der Waals surface area contributed by atoms with Crippen LogP contribution in [-0.2, 0) is 11.2 Å². The first-order valence-electron chi connectivity index (χ1n) is 4.85. The summed E-state index contributed by atoms with van der Waals surface area (Å²) in [7, 11) is 0. The predicted octanol–water partition coefficient (Wildman–Crippen LogP) is 2.68. The van der Waals surface area contributed by atoms with Gasteiger partial charge < -0.3 is 10.4 Å². The molecule has 0 aliphatic carbocycles. The zero-order valence-electron chi connectivity index (χ0n) is 8.53. The quantitative estimate of drug-likeness (QED) is 0.898. The average molecular weight is 327 g/mol. The Kier molecular flexibility index (Phi) is 4.79. The van der Waals surface area contributed by atoms with E-state index in [2.05, 4.69) is 21.2 Å². The van der Waals surface area contributed by atoms with E-state index in [9.17, 15) is 9.90 Å². The number of rotatable bonds is 3. The average Bonchev–Trinajstić information content (AvgIpc) is 2.77. The Labute approximate surface area is 113 Å². The molecule has 1 aromatic rings. The third-order valence-corrected chi connectivity index (χ3v) is 4.38. The fraction of sp³-hybridized carbons (Fsp3) is 0.500. The van der Waals surface area contributed by atoms with Gasteiger partial charge in [0.1, 0.15) is 5.54 Å². The smallest absolute Gasteiger partial charge is 0.324 e.